The van der Waals surface area contributed by atoms with Gasteiger partial charge >= 0.3 is 6.98 Å². The number of aromatic nitrogens is 1. The monoisotopic (exact) mass is 216 g/mol. The van der Waals surface area contributed by atoms with Crippen LogP contribution in [0.4, 0.5) is 12.9 Å². The van der Waals surface area contributed by atoms with Crippen LogP contribution < -0.4 is 0 Å². The molecule has 1 nitrogen and oxygen atoms in total. The summed E-state index contributed by atoms with van der Waals surface area (Å²) in [6.07, 6.45) is 0.627. The van der Waals surface area contributed by atoms with E-state index in [0.717, 1.165) is 5.56 Å². The van der Waals surface area contributed by atoms with Crippen LogP contribution in [0, 0.1) is 0 Å². The lowest BCUT2D eigenvalue weighted by Crippen LogP contribution is -2.20. The van der Waals surface area contributed by atoms with Gasteiger partial charge in [-0.3, -0.25) is 4.98 Å². The van der Waals surface area contributed by atoms with Gasteiger partial charge < -0.3 is 12.9 Å². The molecule has 1 heterocycles. The molecule has 0 unspecified atom stereocenters. The van der Waals surface area contributed by atoms with E-state index in [2.05, 4.69) is 4.98 Å². The summed E-state index contributed by atoms with van der Waals surface area (Å²) >= 11 is 0. The van der Waals surface area contributed by atoms with Gasteiger partial charge in [-0.25, -0.2) is 0 Å². The first-order valence-corrected chi connectivity index (χ1v) is 4.85. The predicted molar refractivity (Wildman–Crippen MR) is 55.7 cm³/mol. The van der Waals surface area contributed by atoms with Crippen LogP contribution in [0.3, 0.4) is 0 Å². The number of nitrogens with zero attached hydrogens (tertiary/aromatic N) is 1. The van der Waals surface area contributed by atoms with Crippen molar-refractivity contribution in [3.63, 3.8) is 0 Å². The van der Waals surface area contributed by atoms with Crippen molar-refractivity contribution in [2.75, 3.05) is 0 Å². The van der Waals surface area contributed by atoms with Gasteiger partial charge in [-0.15, -0.1) is 0 Å². The highest BCUT2D eigenvalue weighted by molar-refractivity contribution is 6.57. The summed E-state index contributed by atoms with van der Waals surface area (Å²) < 4.78 is 36.3. The minimum Gasteiger partial charge on any atom is -0.449 e. The smallest absolute Gasteiger partial charge is 0.449 e. The molecule has 0 N–H and O–H groups in total. The highest BCUT2D eigenvalue weighted by atomic mass is 19.4. The maximum Gasteiger partial charge on any atom is 0.484 e. The lowest BCUT2D eigenvalue weighted by Gasteiger charge is -2.19. The third-order valence-electron chi connectivity index (χ3n) is 2.13. The Morgan fingerprint density at radius 2 is 1.80 bits per heavy atom. The summed E-state index contributed by atoms with van der Waals surface area (Å²) in [6, 6.07) is 3.17. The van der Waals surface area contributed by atoms with Gasteiger partial charge in [-0.2, -0.15) is 0 Å². The van der Waals surface area contributed by atoms with E-state index in [0.29, 0.717) is 0 Å². The van der Waals surface area contributed by atoms with Crippen LogP contribution in [0.15, 0.2) is 18.3 Å². The van der Waals surface area contributed by atoms with Crippen LogP contribution in [0.2, 0.25) is 0 Å². The van der Waals surface area contributed by atoms with E-state index in [4.69, 9.17) is 0 Å². The topological polar surface area (TPSA) is 12.9 Å². The first-order valence-electron chi connectivity index (χ1n) is 4.85. The number of halogens is 3. The van der Waals surface area contributed by atoms with E-state index in [1.54, 1.807) is 6.07 Å². The first-order chi connectivity index (χ1) is 6.68. The van der Waals surface area contributed by atoms with Gasteiger partial charge in [-0.05, 0) is 23.4 Å². The average Bonchev–Trinajstić information content (AvgIpc) is 2.00. The Kier molecular flexibility index (Phi) is 3.12. The Morgan fingerprint density at radius 1 is 1.20 bits per heavy atom. The van der Waals surface area contributed by atoms with Crippen LogP contribution in [0.25, 0.3) is 0 Å². The zero-order valence-corrected chi connectivity index (χ0v) is 9.10. The SMILES string of the molecule is CC(C)(C)c1ccc(C[B-](F)(F)F)nc1. The molecule has 0 saturated heterocycles. The minimum atomic E-state index is -4.79. The van der Waals surface area contributed by atoms with Crippen molar-refractivity contribution >= 4 is 6.98 Å². The fraction of sp³-hybridized carbons (Fsp3) is 0.500. The maximum absolute atomic E-state index is 12.1. The van der Waals surface area contributed by atoms with Gasteiger partial charge in [0.2, 0.25) is 0 Å². The predicted octanol–water partition coefficient (Wildman–Crippen LogP) is 3.31. The summed E-state index contributed by atoms with van der Waals surface area (Å²) in [6.45, 7) is 1.21. The van der Waals surface area contributed by atoms with E-state index in [9.17, 15) is 12.9 Å². The van der Waals surface area contributed by atoms with Gasteiger partial charge in [-0.1, -0.05) is 26.8 Å². The molecule has 0 bridgehead atoms. The molecule has 0 aliphatic carbocycles. The molecule has 5 heteroatoms. The summed E-state index contributed by atoms with van der Waals surface area (Å²) in [5.74, 6) is 0. The van der Waals surface area contributed by atoms with Crippen LogP contribution in [-0.2, 0) is 11.7 Å². The van der Waals surface area contributed by atoms with Crippen LogP contribution in [-0.4, -0.2) is 12.0 Å². The van der Waals surface area contributed by atoms with E-state index >= 15 is 0 Å². The van der Waals surface area contributed by atoms with Gasteiger partial charge in [0.05, 0.1) is 0 Å². The molecule has 0 aliphatic rings. The summed E-state index contributed by atoms with van der Waals surface area (Å²) in [5, 5.41) is 0. The second-order valence-electron chi connectivity index (χ2n) is 4.70. The molecule has 0 aliphatic heterocycles. The van der Waals surface area contributed by atoms with Gasteiger partial charge in [0, 0.05) is 11.9 Å². The second-order valence-corrected chi connectivity index (χ2v) is 4.70. The number of hydrogen-bond donors (Lipinski definition) is 0. The lowest BCUT2D eigenvalue weighted by atomic mass is 9.83. The Hall–Kier alpha value is -0.995. The lowest BCUT2D eigenvalue weighted by molar-refractivity contribution is 0.467. The normalized spacial score (nSPS) is 12.9. The molecule has 1 aromatic heterocycles. The second kappa shape index (κ2) is 3.87. The quantitative estimate of drug-likeness (QED) is 0.691. The molecule has 0 spiro atoms. The Bertz CT molecular complexity index is 324. The van der Waals surface area contributed by atoms with E-state index in [1.165, 1.54) is 12.3 Å². The van der Waals surface area contributed by atoms with Crippen molar-refractivity contribution in [1.82, 2.24) is 4.98 Å². The molecule has 0 atom stereocenters. The van der Waals surface area contributed by atoms with Crippen molar-refractivity contribution < 1.29 is 12.9 Å². The third-order valence-corrected chi connectivity index (χ3v) is 2.13. The van der Waals surface area contributed by atoms with Crippen molar-refractivity contribution in [3.8, 4) is 0 Å². The van der Waals surface area contributed by atoms with Crippen molar-refractivity contribution in [1.29, 1.82) is 0 Å². The van der Waals surface area contributed by atoms with Crippen LogP contribution in [0.1, 0.15) is 32.0 Å². The van der Waals surface area contributed by atoms with Gasteiger partial charge in [0.15, 0.2) is 0 Å². The molecule has 1 rings (SSSR count). The average molecular weight is 216 g/mol. The first kappa shape index (κ1) is 12.1. The zero-order valence-electron chi connectivity index (χ0n) is 9.10. The molecule has 0 amide bonds. The molecule has 0 radical (unpaired) electrons. The van der Waals surface area contributed by atoms with Gasteiger partial charge in [0.25, 0.3) is 0 Å². The highest BCUT2D eigenvalue weighted by Crippen LogP contribution is 2.22. The summed E-state index contributed by atoms with van der Waals surface area (Å²) in [7, 11) is 0. The van der Waals surface area contributed by atoms with E-state index < -0.39 is 13.3 Å². The molecule has 0 fully saturated rings. The van der Waals surface area contributed by atoms with Crippen LogP contribution in [0.5, 0.6) is 0 Å². The zero-order chi connectivity index (χ0) is 11.7. The summed E-state index contributed by atoms with van der Waals surface area (Å²) in [5.41, 5.74) is 0.964. The molecular formula is C10H14BF3N-. The Balaban J connectivity index is 2.82. The van der Waals surface area contributed by atoms with Crippen LogP contribution >= 0.6 is 0 Å². The number of rotatable bonds is 2. The molecule has 1 aromatic rings. The highest BCUT2D eigenvalue weighted by Gasteiger charge is 2.24. The van der Waals surface area contributed by atoms with Gasteiger partial charge in [0.1, 0.15) is 0 Å². The standard InChI is InChI=1S/C10H14BF3N/c1-10(2,3)8-4-5-9(15-7-8)6-11(12,13)14/h4-5,7H,6H2,1-3H3/q-1. The van der Waals surface area contributed by atoms with E-state index in [-0.39, 0.29) is 11.1 Å². The maximum atomic E-state index is 12.1. The Morgan fingerprint density at radius 3 is 2.13 bits per heavy atom. The van der Waals surface area contributed by atoms with Crippen molar-refractivity contribution in [3.05, 3.63) is 29.6 Å². The third kappa shape index (κ3) is 3.94. The summed E-state index contributed by atoms with van der Waals surface area (Å²) in [4.78, 5) is 3.83. The molecule has 0 aromatic carbocycles. The number of hydrogen-bond acceptors (Lipinski definition) is 1. The van der Waals surface area contributed by atoms with Crippen molar-refractivity contribution in [2.24, 2.45) is 0 Å². The van der Waals surface area contributed by atoms with E-state index in [1.807, 2.05) is 20.8 Å². The fourth-order valence-electron chi connectivity index (χ4n) is 1.23. The Labute approximate surface area is 87.8 Å². The largest absolute Gasteiger partial charge is 0.484 e. The number of pyridine rings is 1. The molecule has 84 valence electrons. The molecular weight excluding hydrogens is 202 g/mol. The fourth-order valence-corrected chi connectivity index (χ4v) is 1.23. The minimum absolute atomic E-state index is 0.0745. The van der Waals surface area contributed by atoms with Crippen molar-refractivity contribution in [2.45, 2.75) is 32.5 Å². The molecule has 15 heavy (non-hydrogen) atoms. The molecule has 0 saturated carbocycles.